The summed E-state index contributed by atoms with van der Waals surface area (Å²) in [5.41, 5.74) is 1.05. The maximum atomic E-state index is 4.72. The smallest absolute Gasteiger partial charge is 0.162 e. The van der Waals surface area contributed by atoms with E-state index in [2.05, 4.69) is 38.0 Å². The molecule has 0 saturated carbocycles. The Balaban J connectivity index is 2.34. The highest BCUT2D eigenvalue weighted by atomic mass is 32.2. The Bertz CT molecular complexity index is 570. The van der Waals surface area contributed by atoms with Gasteiger partial charge in [-0.25, -0.2) is 9.97 Å². The molecule has 1 unspecified atom stereocenters. The first-order chi connectivity index (χ1) is 10.1. The lowest BCUT2D eigenvalue weighted by molar-refractivity contribution is 0.641. The minimum Gasteiger partial charge on any atom is -0.370 e. The predicted molar refractivity (Wildman–Crippen MR) is 91.8 cm³/mol. The molecule has 1 aromatic heterocycles. The fourth-order valence-corrected chi connectivity index (χ4v) is 2.77. The topological polar surface area (TPSA) is 37.8 Å². The van der Waals surface area contributed by atoms with Crippen molar-refractivity contribution >= 4 is 17.6 Å². The summed E-state index contributed by atoms with van der Waals surface area (Å²) in [7, 11) is 0. The van der Waals surface area contributed by atoms with Crippen molar-refractivity contribution in [2.24, 2.45) is 5.92 Å². The van der Waals surface area contributed by atoms with Crippen LogP contribution in [0.1, 0.15) is 27.7 Å². The minimum absolute atomic E-state index is 0.526. The van der Waals surface area contributed by atoms with Crippen LogP contribution in [0.5, 0.6) is 0 Å². The zero-order valence-corrected chi connectivity index (χ0v) is 13.9. The van der Waals surface area contributed by atoms with E-state index in [1.165, 1.54) is 0 Å². The normalized spacial score (nSPS) is 12.4. The minimum atomic E-state index is 0.526. The molecule has 0 radical (unpaired) electrons. The van der Waals surface area contributed by atoms with Gasteiger partial charge in [0.05, 0.1) is 0 Å². The van der Waals surface area contributed by atoms with Gasteiger partial charge in [-0.2, -0.15) is 0 Å². The third-order valence-corrected chi connectivity index (χ3v) is 4.70. The summed E-state index contributed by atoms with van der Waals surface area (Å²) in [6.45, 7) is 9.65. The maximum Gasteiger partial charge on any atom is 0.162 e. The molecule has 0 aliphatic carbocycles. The number of hydrogen-bond acceptors (Lipinski definition) is 4. The van der Waals surface area contributed by atoms with Crippen molar-refractivity contribution in [3.05, 3.63) is 36.4 Å². The number of thioether (sulfide) groups is 1. The van der Waals surface area contributed by atoms with Crippen LogP contribution in [-0.4, -0.2) is 21.8 Å². The summed E-state index contributed by atoms with van der Waals surface area (Å²) < 4.78 is 0. The van der Waals surface area contributed by atoms with Crippen LogP contribution in [0.3, 0.4) is 0 Å². The molecule has 1 heterocycles. The van der Waals surface area contributed by atoms with Crippen molar-refractivity contribution < 1.29 is 0 Å². The number of nitrogens with one attached hydrogen (secondary N) is 1. The zero-order chi connectivity index (χ0) is 15.2. The van der Waals surface area contributed by atoms with Crippen LogP contribution in [0.25, 0.3) is 11.4 Å². The van der Waals surface area contributed by atoms with Gasteiger partial charge in [0.2, 0.25) is 0 Å². The van der Waals surface area contributed by atoms with E-state index in [1.807, 2.05) is 48.2 Å². The third-order valence-electron chi connectivity index (χ3n) is 3.34. The molecule has 0 aliphatic rings. The highest BCUT2D eigenvalue weighted by Gasteiger charge is 2.13. The number of benzene rings is 1. The number of nitrogens with zero attached hydrogens (tertiary/aromatic N) is 2. The molecule has 1 N–H and O–H groups in total. The predicted octanol–water partition coefficient (Wildman–Crippen LogP) is 4.71. The van der Waals surface area contributed by atoms with Gasteiger partial charge < -0.3 is 5.32 Å². The second kappa shape index (κ2) is 7.46. The molecule has 0 spiro atoms. The molecule has 0 fully saturated rings. The first kappa shape index (κ1) is 15.8. The van der Waals surface area contributed by atoms with Crippen molar-refractivity contribution in [3.63, 3.8) is 0 Å². The van der Waals surface area contributed by atoms with Gasteiger partial charge in [0, 0.05) is 23.4 Å². The Labute approximate surface area is 131 Å². The van der Waals surface area contributed by atoms with Gasteiger partial charge in [0.1, 0.15) is 10.8 Å². The molecule has 2 rings (SSSR count). The van der Waals surface area contributed by atoms with E-state index in [-0.39, 0.29) is 0 Å². The van der Waals surface area contributed by atoms with Crippen LogP contribution >= 0.6 is 11.8 Å². The number of aromatic nitrogens is 2. The average Bonchev–Trinajstić information content (AvgIpc) is 2.48. The zero-order valence-electron chi connectivity index (χ0n) is 13.1. The molecule has 21 heavy (non-hydrogen) atoms. The SMILES string of the molecule is CCNc1cc(SC(C)C(C)C)nc(-c2ccccc2)n1. The van der Waals surface area contributed by atoms with Crippen molar-refractivity contribution in [3.8, 4) is 11.4 Å². The van der Waals surface area contributed by atoms with E-state index in [0.717, 1.165) is 28.8 Å². The van der Waals surface area contributed by atoms with Crippen molar-refractivity contribution in [1.82, 2.24) is 9.97 Å². The molecule has 4 heteroatoms. The maximum absolute atomic E-state index is 4.72. The number of rotatable bonds is 6. The van der Waals surface area contributed by atoms with Gasteiger partial charge in [-0.3, -0.25) is 0 Å². The van der Waals surface area contributed by atoms with Crippen molar-refractivity contribution in [1.29, 1.82) is 0 Å². The van der Waals surface area contributed by atoms with Gasteiger partial charge in [0.25, 0.3) is 0 Å². The molecule has 2 aromatic rings. The van der Waals surface area contributed by atoms with Crippen LogP contribution in [0, 0.1) is 5.92 Å². The lowest BCUT2D eigenvalue weighted by Gasteiger charge is -2.15. The Kier molecular flexibility index (Phi) is 5.62. The van der Waals surface area contributed by atoms with E-state index in [1.54, 1.807) is 0 Å². The van der Waals surface area contributed by atoms with E-state index < -0.39 is 0 Å². The molecular weight excluding hydrogens is 278 g/mol. The molecule has 0 aliphatic heterocycles. The highest BCUT2D eigenvalue weighted by Crippen LogP contribution is 2.29. The number of hydrogen-bond donors (Lipinski definition) is 1. The highest BCUT2D eigenvalue weighted by molar-refractivity contribution is 7.99. The van der Waals surface area contributed by atoms with E-state index >= 15 is 0 Å². The molecule has 0 amide bonds. The van der Waals surface area contributed by atoms with E-state index in [0.29, 0.717) is 11.2 Å². The molecule has 0 saturated heterocycles. The van der Waals surface area contributed by atoms with Gasteiger partial charge in [-0.05, 0) is 12.8 Å². The fourth-order valence-electron chi connectivity index (χ4n) is 1.80. The van der Waals surface area contributed by atoms with Crippen LogP contribution in [0.4, 0.5) is 5.82 Å². The van der Waals surface area contributed by atoms with Gasteiger partial charge in [-0.1, -0.05) is 51.1 Å². The molecule has 3 nitrogen and oxygen atoms in total. The molecule has 0 bridgehead atoms. The summed E-state index contributed by atoms with van der Waals surface area (Å²) in [5.74, 6) is 2.30. The monoisotopic (exact) mass is 301 g/mol. The summed E-state index contributed by atoms with van der Waals surface area (Å²) >= 11 is 1.81. The summed E-state index contributed by atoms with van der Waals surface area (Å²) in [4.78, 5) is 9.33. The van der Waals surface area contributed by atoms with Gasteiger partial charge in [0.15, 0.2) is 5.82 Å². The van der Waals surface area contributed by atoms with Crippen LogP contribution in [0.15, 0.2) is 41.4 Å². The lowest BCUT2D eigenvalue weighted by Crippen LogP contribution is -2.07. The van der Waals surface area contributed by atoms with Crippen LogP contribution in [0.2, 0.25) is 0 Å². The van der Waals surface area contributed by atoms with Crippen LogP contribution < -0.4 is 5.32 Å². The van der Waals surface area contributed by atoms with Crippen molar-refractivity contribution in [2.45, 2.75) is 38.0 Å². The summed E-state index contributed by atoms with van der Waals surface area (Å²) in [5, 5.41) is 4.85. The fraction of sp³-hybridized carbons (Fsp3) is 0.412. The van der Waals surface area contributed by atoms with E-state index in [9.17, 15) is 0 Å². The summed E-state index contributed by atoms with van der Waals surface area (Å²) in [6.07, 6.45) is 0. The first-order valence-corrected chi connectivity index (χ1v) is 8.33. The molecule has 1 aromatic carbocycles. The second-order valence-electron chi connectivity index (χ2n) is 5.38. The average molecular weight is 301 g/mol. The molecule has 1 atom stereocenters. The van der Waals surface area contributed by atoms with Gasteiger partial charge in [-0.15, -0.1) is 11.8 Å². The quantitative estimate of drug-likeness (QED) is 0.619. The standard InChI is InChI=1S/C17H23N3S/c1-5-18-15-11-16(21-13(4)12(2)3)20-17(19-15)14-9-7-6-8-10-14/h6-13H,5H2,1-4H3,(H,18,19,20). The van der Waals surface area contributed by atoms with Gasteiger partial charge >= 0.3 is 0 Å². The Hall–Kier alpha value is -1.55. The Morgan fingerprint density at radius 3 is 2.43 bits per heavy atom. The largest absolute Gasteiger partial charge is 0.370 e. The first-order valence-electron chi connectivity index (χ1n) is 7.45. The van der Waals surface area contributed by atoms with Crippen LogP contribution in [-0.2, 0) is 0 Å². The molecule has 112 valence electrons. The molecular formula is C17H23N3S. The van der Waals surface area contributed by atoms with E-state index in [4.69, 9.17) is 4.98 Å². The second-order valence-corrected chi connectivity index (χ2v) is 6.78. The number of anilines is 1. The lowest BCUT2D eigenvalue weighted by atomic mass is 10.2. The summed E-state index contributed by atoms with van der Waals surface area (Å²) in [6, 6.07) is 12.2. The van der Waals surface area contributed by atoms with Crippen molar-refractivity contribution in [2.75, 3.05) is 11.9 Å². The Morgan fingerprint density at radius 2 is 1.81 bits per heavy atom. The third kappa shape index (κ3) is 4.46. The Morgan fingerprint density at radius 1 is 1.10 bits per heavy atom.